The van der Waals surface area contributed by atoms with Crippen LogP contribution in [0, 0.1) is 11.6 Å². The highest BCUT2D eigenvalue weighted by molar-refractivity contribution is 5.85. The van der Waals surface area contributed by atoms with Crippen molar-refractivity contribution in [2.24, 2.45) is 0 Å². The van der Waals surface area contributed by atoms with E-state index in [-0.39, 0.29) is 30.1 Å². The van der Waals surface area contributed by atoms with Crippen molar-refractivity contribution in [3.63, 3.8) is 0 Å². The van der Waals surface area contributed by atoms with Crippen LogP contribution in [0.1, 0.15) is 30.3 Å². The van der Waals surface area contributed by atoms with E-state index in [0.717, 1.165) is 17.7 Å². The zero-order chi connectivity index (χ0) is 18.5. The molecule has 144 valence electrons. The second-order valence-corrected chi connectivity index (χ2v) is 5.93. The summed E-state index contributed by atoms with van der Waals surface area (Å²) in [6.07, 6.45) is -0.139. The molecule has 0 radical (unpaired) electrons. The lowest BCUT2D eigenvalue weighted by Gasteiger charge is -2.16. The Balaban J connectivity index is 0.00000261. The molecule has 3 rings (SSSR count). The predicted molar refractivity (Wildman–Crippen MR) is 99.0 cm³/mol. The molecule has 0 aliphatic heterocycles. The van der Waals surface area contributed by atoms with Crippen LogP contribution >= 0.6 is 12.4 Å². The molecule has 0 saturated carbocycles. The summed E-state index contributed by atoms with van der Waals surface area (Å²) in [5.74, 6) is -0.963. The molecule has 0 fully saturated rings. The van der Waals surface area contributed by atoms with Gasteiger partial charge >= 0.3 is 0 Å². The number of hydrogen-bond donors (Lipinski definition) is 1. The number of hydrogen-bond acceptors (Lipinski definition) is 5. The predicted octanol–water partition coefficient (Wildman–Crippen LogP) is 4.09. The van der Waals surface area contributed by atoms with Crippen molar-refractivity contribution in [1.82, 2.24) is 15.5 Å². The number of nitrogens with zero attached hydrogens (tertiary/aromatic N) is 2. The average molecular weight is 396 g/mol. The van der Waals surface area contributed by atoms with Crippen molar-refractivity contribution in [3.8, 4) is 5.75 Å². The second-order valence-electron chi connectivity index (χ2n) is 5.93. The largest absolute Gasteiger partial charge is 0.476 e. The van der Waals surface area contributed by atoms with E-state index in [2.05, 4.69) is 15.5 Å². The van der Waals surface area contributed by atoms with Crippen molar-refractivity contribution < 1.29 is 18.0 Å². The van der Waals surface area contributed by atoms with Crippen LogP contribution in [-0.4, -0.2) is 23.2 Å². The second kappa shape index (κ2) is 9.43. The normalized spacial score (nSPS) is 12.9. The molecule has 27 heavy (non-hydrogen) atoms. The van der Waals surface area contributed by atoms with E-state index in [1.165, 1.54) is 6.07 Å². The Kier molecular flexibility index (Phi) is 7.27. The van der Waals surface area contributed by atoms with Crippen LogP contribution in [0.25, 0.3) is 0 Å². The summed E-state index contributed by atoms with van der Waals surface area (Å²) in [6.45, 7) is 2.00. The van der Waals surface area contributed by atoms with E-state index < -0.39 is 17.7 Å². The van der Waals surface area contributed by atoms with Crippen LogP contribution in [0.2, 0.25) is 0 Å². The third-order valence-corrected chi connectivity index (χ3v) is 3.94. The molecule has 0 saturated heterocycles. The van der Waals surface area contributed by atoms with E-state index in [1.54, 1.807) is 0 Å². The Labute approximate surface area is 162 Å². The highest BCUT2D eigenvalue weighted by Crippen LogP contribution is 2.28. The van der Waals surface area contributed by atoms with Crippen molar-refractivity contribution >= 4 is 12.4 Å². The average Bonchev–Trinajstić information content (AvgIpc) is 3.11. The Morgan fingerprint density at radius 1 is 1.11 bits per heavy atom. The first-order valence-electron chi connectivity index (χ1n) is 8.23. The van der Waals surface area contributed by atoms with Gasteiger partial charge in [-0.1, -0.05) is 35.5 Å². The van der Waals surface area contributed by atoms with Gasteiger partial charge in [-0.05, 0) is 26.1 Å². The number of aromatic nitrogens is 2. The van der Waals surface area contributed by atoms with Crippen molar-refractivity contribution in [2.75, 3.05) is 7.05 Å². The maximum absolute atomic E-state index is 13.5. The van der Waals surface area contributed by atoms with Gasteiger partial charge in [0.25, 0.3) is 5.89 Å². The van der Waals surface area contributed by atoms with E-state index in [0.29, 0.717) is 12.2 Å². The molecule has 2 aromatic carbocycles. The molecule has 2 atom stereocenters. The molecule has 0 aliphatic rings. The fraction of sp³-hybridized carbons (Fsp3) is 0.263. The third-order valence-electron chi connectivity index (χ3n) is 3.94. The first-order valence-corrected chi connectivity index (χ1v) is 8.23. The molecule has 8 heteroatoms. The van der Waals surface area contributed by atoms with Crippen LogP contribution in [0.3, 0.4) is 0 Å². The molecule has 0 spiro atoms. The molecule has 2 unspecified atom stereocenters. The van der Waals surface area contributed by atoms with E-state index in [1.807, 2.05) is 44.3 Å². The van der Waals surface area contributed by atoms with E-state index >= 15 is 0 Å². The Morgan fingerprint density at radius 3 is 2.52 bits per heavy atom. The topological polar surface area (TPSA) is 60.2 Å². The van der Waals surface area contributed by atoms with Gasteiger partial charge in [0.2, 0.25) is 6.10 Å². The van der Waals surface area contributed by atoms with Gasteiger partial charge in [-0.25, -0.2) is 8.78 Å². The molecule has 1 N–H and O–H groups in total. The summed E-state index contributed by atoms with van der Waals surface area (Å²) in [7, 11) is 1.85. The van der Waals surface area contributed by atoms with Gasteiger partial charge in [-0.3, -0.25) is 0 Å². The molecule has 1 aromatic heterocycles. The molecule has 3 aromatic rings. The number of ether oxygens (including phenoxy) is 1. The fourth-order valence-electron chi connectivity index (χ4n) is 2.41. The zero-order valence-electron chi connectivity index (χ0n) is 14.9. The minimum absolute atomic E-state index is 0. The number of rotatable bonds is 7. The van der Waals surface area contributed by atoms with Gasteiger partial charge in [0.15, 0.2) is 17.5 Å². The standard InChI is InChI=1S/C19H19F2N3O2.ClH/c1-12(22-2)10-17-23-19(26-24-17)18(13-6-4-3-5-7-13)25-14-8-9-15(20)16(21)11-14;/h3-9,11-12,18,22H,10H2,1-2H3;1H. The zero-order valence-corrected chi connectivity index (χ0v) is 15.7. The number of likely N-dealkylation sites (N-methyl/N-ethyl adjacent to an activating group) is 1. The Morgan fingerprint density at radius 2 is 1.85 bits per heavy atom. The van der Waals surface area contributed by atoms with Gasteiger partial charge in [0.05, 0.1) is 0 Å². The lowest BCUT2D eigenvalue weighted by atomic mass is 10.1. The minimum Gasteiger partial charge on any atom is -0.476 e. The smallest absolute Gasteiger partial charge is 0.272 e. The third kappa shape index (κ3) is 5.24. The Hall–Kier alpha value is -2.51. The van der Waals surface area contributed by atoms with Crippen molar-refractivity contribution in [1.29, 1.82) is 0 Å². The van der Waals surface area contributed by atoms with Gasteiger partial charge in [0, 0.05) is 24.1 Å². The summed E-state index contributed by atoms with van der Waals surface area (Å²) in [5, 5.41) is 7.09. The highest BCUT2D eigenvalue weighted by Gasteiger charge is 2.24. The Bertz CT molecular complexity index is 861. The van der Waals surface area contributed by atoms with Crippen LogP contribution in [0.15, 0.2) is 53.1 Å². The van der Waals surface area contributed by atoms with Gasteiger partial charge in [0.1, 0.15) is 5.75 Å². The number of nitrogens with one attached hydrogen (secondary N) is 1. The van der Waals surface area contributed by atoms with Gasteiger partial charge < -0.3 is 14.6 Å². The van der Waals surface area contributed by atoms with Crippen LogP contribution < -0.4 is 10.1 Å². The van der Waals surface area contributed by atoms with Crippen LogP contribution in [-0.2, 0) is 6.42 Å². The molecule has 5 nitrogen and oxygen atoms in total. The molecule has 0 aliphatic carbocycles. The molecular weight excluding hydrogens is 376 g/mol. The minimum atomic E-state index is -0.983. The van der Waals surface area contributed by atoms with E-state index in [4.69, 9.17) is 9.26 Å². The van der Waals surface area contributed by atoms with Gasteiger partial charge in [-0.2, -0.15) is 4.98 Å². The lowest BCUT2D eigenvalue weighted by Crippen LogP contribution is -2.24. The summed E-state index contributed by atoms with van der Waals surface area (Å²) in [5.41, 5.74) is 0.758. The molecule has 1 heterocycles. The lowest BCUT2D eigenvalue weighted by molar-refractivity contribution is 0.192. The van der Waals surface area contributed by atoms with Crippen molar-refractivity contribution in [2.45, 2.75) is 25.5 Å². The maximum Gasteiger partial charge on any atom is 0.272 e. The van der Waals surface area contributed by atoms with Crippen LogP contribution in [0.4, 0.5) is 8.78 Å². The van der Waals surface area contributed by atoms with Crippen LogP contribution in [0.5, 0.6) is 5.75 Å². The quantitative estimate of drug-likeness (QED) is 0.653. The van der Waals surface area contributed by atoms with Crippen molar-refractivity contribution in [3.05, 3.63) is 77.4 Å². The highest BCUT2D eigenvalue weighted by atomic mass is 35.5. The summed E-state index contributed by atoms with van der Waals surface area (Å²) < 4.78 is 37.9. The number of halogens is 3. The maximum atomic E-state index is 13.5. The first-order chi connectivity index (χ1) is 12.6. The van der Waals surface area contributed by atoms with Gasteiger partial charge in [-0.15, -0.1) is 12.4 Å². The summed E-state index contributed by atoms with van der Waals surface area (Å²) in [4.78, 5) is 4.40. The molecule has 0 bridgehead atoms. The monoisotopic (exact) mass is 395 g/mol. The summed E-state index contributed by atoms with van der Waals surface area (Å²) in [6, 6.07) is 12.8. The number of benzene rings is 2. The van der Waals surface area contributed by atoms with E-state index in [9.17, 15) is 8.78 Å². The molecular formula is C19H20ClF2N3O2. The first kappa shape index (κ1) is 20.8. The molecule has 0 amide bonds. The fourth-order valence-corrected chi connectivity index (χ4v) is 2.41. The SMILES string of the molecule is CNC(C)Cc1noc(C(Oc2ccc(F)c(F)c2)c2ccccc2)n1.Cl. The summed E-state index contributed by atoms with van der Waals surface area (Å²) >= 11 is 0.